The molecule has 2 N–H and O–H groups in total. The molecule has 0 radical (unpaired) electrons. The Morgan fingerprint density at radius 2 is 2.31 bits per heavy atom. The van der Waals surface area contributed by atoms with Crippen LogP contribution in [0.5, 0.6) is 0 Å². The molecule has 0 amide bonds. The van der Waals surface area contributed by atoms with E-state index in [1.54, 1.807) is 0 Å². The molecule has 0 aliphatic heterocycles. The zero-order valence-electron chi connectivity index (χ0n) is 9.26. The molecular weight excluding hydrogens is 218 g/mol. The zero-order valence-corrected chi connectivity index (χ0v) is 10.1. The summed E-state index contributed by atoms with van der Waals surface area (Å²) < 4.78 is 1.83. The molecule has 0 spiro atoms. The standard InChI is InChI=1S/C12H15N3S/c1-15-9-10(8-14-15)5-6-16-12-4-2-3-11(13)7-12/h2-4,7-9H,5-6,13H2,1H3. The Morgan fingerprint density at radius 3 is 3.00 bits per heavy atom. The van der Waals surface area contributed by atoms with Crippen molar-refractivity contribution in [1.82, 2.24) is 9.78 Å². The fourth-order valence-corrected chi connectivity index (χ4v) is 2.46. The molecule has 16 heavy (non-hydrogen) atoms. The summed E-state index contributed by atoms with van der Waals surface area (Å²) in [7, 11) is 1.94. The Hall–Kier alpha value is -1.42. The van der Waals surface area contributed by atoms with Gasteiger partial charge in [0.25, 0.3) is 0 Å². The molecule has 0 fully saturated rings. The van der Waals surface area contributed by atoms with E-state index in [2.05, 4.69) is 17.4 Å². The number of nitrogens with two attached hydrogens (primary N) is 1. The van der Waals surface area contributed by atoms with E-state index in [9.17, 15) is 0 Å². The van der Waals surface area contributed by atoms with E-state index in [1.165, 1.54) is 10.5 Å². The first kappa shape index (κ1) is 11.1. The molecule has 2 aromatic rings. The lowest BCUT2D eigenvalue weighted by molar-refractivity contribution is 0.767. The molecule has 0 saturated carbocycles. The Morgan fingerprint density at radius 1 is 1.44 bits per heavy atom. The molecular formula is C12H15N3S. The lowest BCUT2D eigenvalue weighted by Gasteiger charge is -2.01. The Bertz CT molecular complexity index is 465. The van der Waals surface area contributed by atoms with Crippen molar-refractivity contribution in [3.8, 4) is 0 Å². The summed E-state index contributed by atoms with van der Waals surface area (Å²) >= 11 is 1.82. The first-order valence-corrected chi connectivity index (χ1v) is 6.18. The number of nitrogens with zero attached hydrogens (tertiary/aromatic N) is 2. The molecule has 3 nitrogen and oxygen atoms in total. The van der Waals surface area contributed by atoms with Gasteiger partial charge in [-0.25, -0.2) is 0 Å². The van der Waals surface area contributed by atoms with E-state index in [1.807, 2.05) is 47.9 Å². The smallest absolute Gasteiger partial charge is 0.0521 e. The minimum absolute atomic E-state index is 0.825. The van der Waals surface area contributed by atoms with Gasteiger partial charge in [0.05, 0.1) is 6.20 Å². The van der Waals surface area contributed by atoms with Gasteiger partial charge in [-0.1, -0.05) is 6.07 Å². The van der Waals surface area contributed by atoms with Crippen molar-refractivity contribution in [3.05, 3.63) is 42.2 Å². The number of anilines is 1. The van der Waals surface area contributed by atoms with Crippen LogP contribution in [-0.2, 0) is 13.5 Å². The molecule has 2 rings (SSSR count). The van der Waals surface area contributed by atoms with Gasteiger partial charge in [-0.2, -0.15) is 5.10 Å². The predicted octanol–water partition coefficient (Wildman–Crippen LogP) is 2.34. The van der Waals surface area contributed by atoms with E-state index in [0.717, 1.165) is 17.9 Å². The minimum atomic E-state index is 0.825. The largest absolute Gasteiger partial charge is 0.399 e. The van der Waals surface area contributed by atoms with Crippen LogP contribution in [0.3, 0.4) is 0 Å². The van der Waals surface area contributed by atoms with Crippen LogP contribution in [0.2, 0.25) is 0 Å². The molecule has 0 saturated heterocycles. The van der Waals surface area contributed by atoms with E-state index in [4.69, 9.17) is 5.73 Å². The third-order valence-corrected chi connectivity index (χ3v) is 3.27. The van der Waals surface area contributed by atoms with Gasteiger partial charge < -0.3 is 5.73 Å². The molecule has 84 valence electrons. The van der Waals surface area contributed by atoms with E-state index < -0.39 is 0 Å². The average molecular weight is 233 g/mol. The summed E-state index contributed by atoms with van der Waals surface area (Å²) in [5, 5.41) is 4.14. The van der Waals surface area contributed by atoms with Gasteiger partial charge in [0.15, 0.2) is 0 Å². The molecule has 0 aliphatic rings. The van der Waals surface area contributed by atoms with Crippen molar-refractivity contribution in [3.63, 3.8) is 0 Å². The van der Waals surface area contributed by atoms with Crippen molar-refractivity contribution in [1.29, 1.82) is 0 Å². The number of thioether (sulfide) groups is 1. The summed E-state index contributed by atoms with van der Waals surface area (Å²) in [5.41, 5.74) is 7.82. The van der Waals surface area contributed by atoms with E-state index in [0.29, 0.717) is 0 Å². The van der Waals surface area contributed by atoms with Gasteiger partial charge in [0, 0.05) is 29.6 Å². The Balaban J connectivity index is 1.84. The maximum atomic E-state index is 5.72. The van der Waals surface area contributed by atoms with Crippen LogP contribution in [0.4, 0.5) is 5.69 Å². The second-order valence-electron chi connectivity index (χ2n) is 3.69. The number of hydrogen-bond donors (Lipinski definition) is 1. The highest BCUT2D eigenvalue weighted by Gasteiger charge is 1.98. The highest BCUT2D eigenvalue weighted by atomic mass is 32.2. The maximum Gasteiger partial charge on any atom is 0.0521 e. The fraction of sp³-hybridized carbons (Fsp3) is 0.250. The molecule has 0 aliphatic carbocycles. The summed E-state index contributed by atoms with van der Waals surface area (Å²) in [5.74, 6) is 1.05. The molecule has 1 aromatic carbocycles. The Kier molecular flexibility index (Phi) is 3.51. The maximum absolute atomic E-state index is 5.72. The van der Waals surface area contributed by atoms with Crippen LogP contribution in [0.15, 0.2) is 41.6 Å². The van der Waals surface area contributed by atoms with Crippen molar-refractivity contribution >= 4 is 17.4 Å². The molecule has 1 heterocycles. The van der Waals surface area contributed by atoms with Crippen molar-refractivity contribution < 1.29 is 0 Å². The van der Waals surface area contributed by atoms with Gasteiger partial charge in [0.2, 0.25) is 0 Å². The van der Waals surface area contributed by atoms with Crippen molar-refractivity contribution in [2.24, 2.45) is 7.05 Å². The van der Waals surface area contributed by atoms with Crippen LogP contribution in [0.1, 0.15) is 5.56 Å². The lowest BCUT2D eigenvalue weighted by Crippen LogP contribution is -1.88. The molecule has 1 aromatic heterocycles. The van der Waals surface area contributed by atoms with E-state index in [-0.39, 0.29) is 0 Å². The highest BCUT2D eigenvalue weighted by Crippen LogP contribution is 2.20. The monoisotopic (exact) mass is 233 g/mol. The number of aryl methyl sites for hydroxylation is 2. The average Bonchev–Trinajstić information content (AvgIpc) is 2.64. The van der Waals surface area contributed by atoms with Crippen molar-refractivity contribution in [2.45, 2.75) is 11.3 Å². The minimum Gasteiger partial charge on any atom is -0.399 e. The second-order valence-corrected chi connectivity index (χ2v) is 4.86. The van der Waals surface area contributed by atoms with Gasteiger partial charge in [-0.15, -0.1) is 11.8 Å². The summed E-state index contributed by atoms with van der Waals surface area (Å²) in [6, 6.07) is 7.99. The van der Waals surface area contributed by atoms with Crippen molar-refractivity contribution in [2.75, 3.05) is 11.5 Å². The summed E-state index contributed by atoms with van der Waals surface area (Å²) in [6.07, 6.45) is 5.01. The zero-order chi connectivity index (χ0) is 11.4. The number of rotatable bonds is 4. The van der Waals surface area contributed by atoms with Gasteiger partial charge in [-0.3, -0.25) is 4.68 Å². The van der Waals surface area contributed by atoms with Gasteiger partial charge >= 0.3 is 0 Å². The first-order chi connectivity index (χ1) is 7.74. The topological polar surface area (TPSA) is 43.8 Å². The van der Waals surface area contributed by atoms with Crippen LogP contribution >= 0.6 is 11.8 Å². The fourth-order valence-electron chi connectivity index (χ4n) is 1.49. The molecule has 0 atom stereocenters. The van der Waals surface area contributed by atoms with Gasteiger partial charge in [0.1, 0.15) is 0 Å². The number of hydrogen-bond acceptors (Lipinski definition) is 3. The number of nitrogen functional groups attached to an aromatic ring is 1. The molecule has 0 unspecified atom stereocenters. The Labute approximate surface area is 99.7 Å². The van der Waals surface area contributed by atoms with Crippen LogP contribution in [-0.4, -0.2) is 15.5 Å². The third kappa shape index (κ3) is 3.03. The van der Waals surface area contributed by atoms with E-state index >= 15 is 0 Å². The quantitative estimate of drug-likeness (QED) is 0.651. The molecule has 0 bridgehead atoms. The number of aromatic nitrogens is 2. The normalized spacial score (nSPS) is 10.6. The summed E-state index contributed by atoms with van der Waals surface area (Å²) in [6.45, 7) is 0. The number of benzene rings is 1. The summed E-state index contributed by atoms with van der Waals surface area (Å²) in [4.78, 5) is 1.23. The molecule has 4 heteroatoms. The van der Waals surface area contributed by atoms with Crippen LogP contribution in [0, 0.1) is 0 Å². The van der Waals surface area contributed by atoms with Gasteiger partial charge in [-0.05, 0) is 30.2 Å². The second kappa shape index (κ2) is 5.07. The van der Waals surface area contributed by atoms with Crippen LogP contribution < -0.4 is 5.73 Å². The third-order valence-electron chi connectivity index (χ3n) is 2.28. The predicted molar refractivity (Wildman–Crippen MR) is 68.5 cm³/mol. The first-order valence-electron chi connectivity index (χ1n) is 5.20. The SMILES string of the molecule is Cn1cc(CCSc2cccc(N)c2)cn1. The lowest BCUT2D eigenvalue weighted by atomic mass is 10.3. The highest BCUT2D eigenvalue weighted by molar-refractivity contribution is 7.99. The van der Waals surface area contributed by atoms with Crippen LogP contribution in [0.25, 0.3) is 0 Å².